The number of nitrogens with one attached hydrogen (secondary N) is 2. The van der Waals surface area contributed by atoms with Crippen LogP contribution in [0.15, 0.2) is 59.6 Å². The lowest BCUT2D eigenvalue weighted by molar-refractivity contribution is 0.685. The molecule has 21 heavy (non-hydrogen) atoms. The highest BCUT2D eigenvalue weighted by Gasteiger charge is 2.07. The number of hydrogen-bond donors (Lipinski definition) is 2. The SMILES string of the molecule is CN=C(NCc1ccccc1Cl)NC(C)c1ccccc1. The Hall–Kier alpha value is -2.00. The summed E-state index contributed by atoms with van der Waals surface area (Å²) in [5.41, 5.74) is 2.27. The Balaban J connectivity index is 1.94. The quantitative estimate of drug-likeness (QED) is 0.666. The molecule has 0 saturated carbocycles. The molecule has 0 bridgehead atoms. The molecule has 2 aromatic rings. The fourth-order valence-corrected chi connectivity index (χ4v) is 2.25. The summed E-state index contributed by atoms with van der Waals surface area (Å²) >= 11 is 6.15. The third kappa shape index (κ3) is 4.50. The van der Waals surface area contributed by atoms with E-state index in [1.54, 1.807) is 7.05 Å². The van der Waals surface area contributed by atoms with Gasteiger partial charge < -0.3 is 10.6 Å². The first-order valence-corrected chi connectivity index (χ1v) is 7.34. The van der Waals surface area contributed by atoms with Crippen LogP contribution in [0.25, 0.3) is 0 Å². The average molecular weight is 302 g/mol. The molecule has 0 fully saturated rings. The number of nitrogens with zero attached hydrogens (tertiary/aromatic N) is 1. The van der Waals surface area contributed by atoms with E-state index >= 15 is 0 Å². The van der Waals surface area contributed by atoms with Crippen LogP contribution in [0.4, 0.5) is 0 Å². The van der Waals surface area contributed by atoms with Crippen molar-refractivity contribution in [2.45, 2.75) is 19.5 Å². The zero-order valence-electron chi connectivity index (χ0n) is 12.3. The first-order valence-electron chi connectivity index (χ1n) is 6.96. The lowest BCUT2D eigenvalue weighted by atomic mass is 10.1. The van der Waals surface area contributed by atoms with E-state index in [2.05, 4.69) is 34.7 Å². The number of halogens is 1. The van der Waals surface area contributed by atoms with Gasteiger partial charge in [0.1, 0.15) is 0 Å². The highest BCUT2D eigenvalue weighted by molar-refractivity contribution is 6.31. The molecule has 3 nitrogen and oxygen atoms in total. The zero-order valence-corrected chi connectivity index (χ0v) is 13.1. The van der Waals surface area contributed by atoms with Gasteiger partial charge in [-0.05, 0) is 24.1 Å². The van der Waals surface area contributed by atoms with Crippen LogP contribution in [0.3, 0.4) is 0 Å². The van der Waals surface area contributed by atoms with Crippen LogP contribution in [0.2, 0.25) is 5.02 Å². The minimum Gasteiger partial charge on any atom is -0.352 e. The van der Waals surface area contributed by atoms with Gasteiger partial charge in [-0.3, -0.25) is 4.99 Å². The highest BCUT2D eigenvalue weighted by atomic mass is 35.5. The molecular weight excluding hydrogens is 282 g/mol. The largest absolute Gasteiger partial charge is 0.352 e. The smallest absolute Gasteiger partial charge is 0.191 e. The Kier molecular flexibility index (Phi) is 5.64. The maximum atomic E-state index is 6.15. The summed E-state index contributed by atoms with van der Waals surface area (Å²) in [6, 6.07) is 18.3. The average Bonchev–Trinajstić information content (AvgIpc) is 2.53. The standard InChI is InChI=1S/C17H20ClN3/c1-13(14-8-4-3-5-9-14)21-17(19-2)20-12-15-10-6-7-11-16(15)18/h3-11,13H,12H2,1-2H3,(H2,19,20,21). The number of hydrogen-bond acceptors (Lipinski definition) is 1. The van der Waals surface area contributed by atoms with Gasteiger partial charge >= 0.3 is 0 Å². The van der Waals surface area contributed by atoms with Crippen LogP contribution in [0.1, 0.15) is 24.1 Å². The lowest BCUT2D eigenvalue weighted by Gasteiger charge is -2.18. The van der Waals surface area contributed by atoms with E-state index < -0.39 is 0 Å². The molecule has 0 aliphatic rings. The predicted octanol–water partition coefficient (Wildman–Crippen LogP) is 3.77. The van der Waals surface area contributed by atoms with Crippen LogP contribution in [-0.2, 0) is 6.54 Å². The molecule has 0 aromatic heterocycles. The number of benzene rings is 2. The van der Waals surface area contributed by atoms with Gasteiger partial charge in [0.05, 0.1) is 6.04 Å². The second-order valence-electron chi connectivity index (χ2n) is 4.79. The molecule has 2 aromatic carbocycles. The van der Waals surface area contributed by atoms with Gasteiger partial charge in [-0.1, -0.05) is 60.1 Å². The molecule has 0 spiro atoms. The zero-order chi connectivity index (χ0) is 15.1. The van der Waals surface area contributed by atoms with Gasteiger partial charge in [0.15, 0.2) is 5.96 Å². The molecule has 0 saturated heterocycles. The van der Waals surface area contributed by atoms with E-state index in [0.717, 1.165) is 16.5 Å². The van der Waals surface area contributed by atoms with E-state index in [1.165, 1.54) is 5.56 Å². The molecule has 2 rings (SSSR count). The summed E-state index contributed by atoms with van der Waals surface area (Å²) in [5, 5.41) is 7.41. The van der Waals surface area contributed by atoms with Crippen molar-refractivity contribution >= 4 is 17.6 Å². The molecule has 0 aliphatic carbocycles. The van der Waals surface area contributed by atoms with Crippen molar-refractivity contribution < 1.29 is 0 Å². The van der Waals surface area contributed by atoms with Crippen LogP contribution in [-0.4, -0.2) is 13.0 Å². The van der Waals surface area contributed by atoms with Crippen molar-refractivity contribution in [3.63, 3.8) is 0 Å². The van der Waals surface area contributed by atoms with Gasteiger partial charge in [0.25, 0.3) is 0 Å². The van der Waals surface area contributed by atoms with E-state index in [1.807, 2.05) is 42.5 Å². The van der Waals surface area contributed by atoms with E-state index in [9.17, 15) is 0 Å². The summed E-state index contributed by atoms with van der Waals surface area (Å²) in [7, 11) is 1.76. The predicted molar refractivity (Wildman–Crippen MR) is 89.6 cm³/mol. The Labute approximate surface area is 131 Å². The van der Waals surface area contributed by atoms with Crippen molar-refractivity contribution in [2.75, 3.05) is 7.05 Å². The van der Waals surface area contributed by atoms with Crippen LogP contribution < -0.4 is 10.6 Å². The molecule has 1 unspecified atom stereocenters. The molecule has 0 heterocycles. The van der Waals surface area contributed by atoms with Gasteiger partial charge in [0, 0.05) is 18.6 Å². The monoisotopic (exact) mass is 301 g/mol. The van der Waals surface area contributed by atoms with Crippen molar-refractivity contribution in [3.8, 4) is 0 Å². The van der Waals surface area contributed by atoms with Crippen LogP contribution >= 0.6 is 11.6 Å². The maximum Gasteiger partial charge on any atom is 0.191 e. The van der Waals surface area contributed by atoms with Crippen LogP contribution in [0.5, 0.6) is 0 Å². The number of rotatable bonds is 4. The molecular formula is C17H20ClN3. The molecule has 110 valence electrons. The van der Waals surface area contributed by atoms with Crippen molar-refractivity contribution in [2.24, 2.45) is 4.99 Å². The van der Waals surface area contributed by atoms with Crippen molar-refractivity contribution in [1.29, 1.82) is 0 Å². The summed E-state index contributed by atoms with van der Waals surface area (Å²) in [4.78, 5) is 4.25. The van der Waals surface area contributed by atoms with Crippen molar-refractivity contribution in [3.05, 3.63) is 70.7 Å². The molecule has 0 radical (unpaired) electrons. The molecule has 0 amide bonds. The number of guanidine groups is 1. The Morgan fingerprint density at radius 1 is 1.10 bits per heavy atom. The van der Waals surface area contributed by atoms with Gasteiger partial charge in [-0.2, -0.15) is 0 Å². The Morgan fingerprint density at radius 3 is 2.43 bits per heavy atom. The van der Waals surface area contributed by atoms with E-state index in [4.69, 9.17) is 11.6 Å². The summed E-state index contributed by atoms with van der Waals surface area (Å²) < 4.78 is 0. The maximum absolute atomic E-state index is 6.15. The number of aliphatic imine (C=N–C) groups is 1. The fourth-order valence-electron chi connectivity index (χ4n) is 2.05. The van der Waals surface area contributed by atoms with Gasteiger partial charge in [0.2, 0.25) is 0 Å². The lowest BCUT2D eigenvalue weighted by Crippen LogP contribution is -2.38. The first-order chi connectivity index (χ1) is 10.2. The third-order valence-electron chi connectivity index (χ3n) is 3.28. The second-order valence-corrected chi connectivity index (χ2v) is 5.20. The highest BCUT2D eigenvalue weighted by Crippen LogP contribution is 2.14. The summed E-state index contributed by atoms with van der Waals surface area (Å²) in [5.74, 6) is 0.756. The van der Waals surface area contributed by atoms with Gasteiger partial charge in [-0.25, -0.2) is 0 Å². The Bertz CT molecular complexity index is 596. The molecule has 0 aliphatic heterocycles. The Morgan fingerprint density at radius 2 is 1.76 bits per heavy atom. The minimum atomic E-state index is 0.184. The topological polar surface area (TPSA) is 36.4 Å². The summed E-state index contributed by atoms with van der Waals surface area (Å²) in [6.45, 7) is 2.75. The fraction of sp³-hybridized carbons (Fsp3) is 0.235. The minimum absolute atomic E-state index is 0.184. The van der Waals surface area contributed by atoms with Crippen molar-refractivity contribution in [1.82, 2.24) is 10.6 Å². The second kappa shape index (κ2) is 7.70. The van der Waals surface area contributed by atoms with Crippen LogP contribution in [0, 0.1) is 0 Å². The molecule has 4 heteroatoms. The first kappa shape index (κ1) is 15.4. The van der Waals surface area contributed by atoms with E-state index in [0.29, 0.717) is 6.54 Å². The van der Waals surface area contributed by atoms with Gasteiger partial charge in [-0.15, -0.1) is 0 Å². The van der Waals surface area contributed by atoms with E-state index in [-0.39, 0.29) is 6.04 Å². The molecule has 2 N–H and O–H groups in total. The third-order valence-corrected chi connectivity index (χ3v) is 3.65. The summed E-state index contributed by atoms with van der Waals surface area (Å²) in [6.07, 6.45) is 0. The normalized spacial score (nSPS) is 12.8. The molecule has 1 atom stereocenters.